The first-order valence-electron chi connectivity index (χ1n) is 12.8. The van der Waals surface area contributed by atoms with Crippen molar-refractivity contribution in [3.63, 3.8) is 0 Å². The predicted molar refractivity (Wildman–Crippen MR) is 139 cm³/mol. The van der Waals surface area contributed by atoms with Crippen LogP contribution in [0.5, 0.6) is 0 Å². The number of carbonyl (C=O) groups is 1. The molecule has 35 heavy (non-hydrogen) atoms. The van der Waals surface area contributed by atoms with E-state index in [1.54, 1.807) is 12.1 Å². The van der Waals surface area contributed by atoms with Crippen LogP contribution in [0.3, 0.4) is 0 Å². The van der Waals surface area contributed by atoms with Gasteiger partial charge in [-0.2, -0.15) is 15.0 Å². The normalized spacial score (nSPS) is 26.6. The number of benzene rings is 1. The summed E-state index contributed by atoms with van der Waals surface area (Å²) in [4.78, 5) is 28.1. The van der Waals surface area contributed by atoms with Crippen molar-refractivity contribution in [3.05, 3.63) is 29.3 Å². The zero-order chi connectivity index (χ0) is 24.7. The molecule has 2 heterocycles. The molecule has 0 spiro atoms. The van der Waals surface area contributed by atoms with Crippen LogP contribution in [0.1, 0.15) is 55.5 Å². The van der Waals surface area contributed by atoms with Crippen molar-refractivity contribution >= 4 is 29.4 Å². The molecule has 2 bridgehead atoms. The molecule has 1 aromatic carbocycles. The largest absolute Gasteiger partial charge is 0.366 e. The standard InChI is InChI=1S/C26H38N8O/c1-15-5-6-16(22(27)35)11-21(15)30-24-31-23(29-19-9-10-28-13-19)32-25(33-24)34(4)14-17-7-8-18-12-20(17)26(18,2)3/h5-6,11,17-20,28H,7-10,12-14H2,1-4H3,(H2,27,35)(H2,29,30,31,32,33)/t17-,18+,19+,20-/m0/s1. The van der Waals surface area contributed by atoms with Gasteiger partial charge >= 0.3 is 0 Å². The summed E-state index contributed by atoms with van der Waals surface area (Å²) in [6, 6.07) is 5.63. The molecule has 4 atom stereocenters. The molecule has 2 aromatic rings. The third kappa shape index (κ3) is 4.78. The van der Waals surface area contributed by atoms with Crippen molar-refractivity contribution in [1.29, 1.82) is 0 Å². The molecule has 188 valence electrons. The van der Waals surface area contributed by atoms with Crippen LogP contribution in [0.2, 0.25) is 0 Å². The Morgan fingerprint density at radius 2 is 2.00 bits per heavy atom. The second kappa shape index (κ2) is 9.26. The van der Waals surface area contributed by atoms with Gasteiger partial charge in [-0.3, -0.25) is 4.79 Å². The van der Waals surface area contributed by atoms with Crippen LogP contribution >= 0.6 is 0 Å². The SMILES string of the molecule is Cc1ccc(C(N)=O)cc1Nc1nc(N[C@@H]2CCNC2)nc(N(C)C[C@@H]2CC[C@@H]3C[C@@H]2C3(C)C)n1. The molecule has 3 saturated carbocycles. The molecule has 9 heteroatoms. The lowest BCUT2D eigenvalue weighted by atomic mass is 9.45. The number of nitrogens with zero attached hydrogens (tertiary/aromatic N) is 4. The van der Waals surface area contributed by atoms with Crippen LogP contribution in [-0.2, 0) is 0 Å². The van der Waals surface area contributed by atoms with Crippen LogP contribution < -0.4 is 26.6 Å². The predicted octanol–water partition coefficient (Wildman–Crippen LogP) is 3.30. The third-order valence-electron chi connectivity index (χ3n) is 8.64. The summed E-state index contributed by atoms with van der Waals surface area (Å²) in [5.41, 5.74) is 8.12. The molecular formula is C26H38N8O. The van der Waals surface area contributed by atoms with E-state index in [1.165, 1.54) is 19.3 Å². The molecule has 0 radical (unpaired) electrons. The average Bonchev–Trinajstić information content (AvgIpc) is 3.33. The van der Waals surface area contributed by atoms with Crippen LogP contribution in [0.15, 0.2) is 18.2 Å². The summed E-state index contributed by atoms with van der Waals surface area (Å²) in [6.07, 6.45) is 4.98. The van der Waals surface area contributed by atoms with Gasteiger partial charge in [0.05, 0.1) is 0 Å². The van der Waals surface area contributed by atoms with Crippen molar-refractivity contribution in [1.82, 2.24) is 20.3 Å². The molecule has 0 unspecified atom stereocenters. The van der Waals surface area contributed by atoms with Crippen molar-refractivity contribution in [2.75, 3.05) is 42.2 Å². The Kier molecular flexibility index (Phi) is 6.29. The van der Waals surface area contributed by atoms with E-state index >= 15 is 0 Å². The Bertz CT molecular complexity index is 1090. The van der Waals surface area contributed by atoms with Crippen LogP contribution in [0, 0.1) is 30.1 Å². The fourth-order valence-electron chi connectivity index (χ4n) is 6.26. The topological polar surface area (TPSA) is 121 Å². The molecule has 4 fully saturated rings. The summed E-state index contributed by atoms with van der Waals surface area (Å²) < 4.78 is 0. The summed E-state index contributed by atoms with van der Waals surface area (Å²) in [5, 5.41) is 10.2. The van der Waals surface area contributed by atoms with Gasteiger partial charge in [-0.05, 0) is 80.0 Å². The maximum Gasteiger partial charge on any atom is 0.248 e. The average molecular weight is 479 g/mol. The number of anilines is 4. The summed E-state index contributed by atoms with van der Waals surface area (Å²) in [6.45, 7) is 9.65. The van der Waals surface area contributed by atoms with E-state index in [2.05, 4.69) is 46.7 Å². The number of hydrogen-bond donors (Lipinski definition) is 4. The van der Waals surface area contributed by atoms with Crippen molar-refractivity contribution in [3.8, 4) is 0 Å². The van der Waals surface area contributed by atoms with E-state index in [-0.39, 0.29) is 6.04 Å². The first-order chi connectivity index (χ1) is 16.7. The minimum atomic E-state index is -0.464. The van der Waals surface area contributed by atoms with Crippen molar-refractivity contribution in [2.45, 2.75) is 52.5 Å². The molecule has 3 aliphatic carbocycles. The van der Waals surface area contributed by atoms with E-state index in [1.807, 2.05) is 13.0 Å². The Morgan fingerprint density at radius 3 is 2.69 bits per heavy atom. The number of nitrogens with one attached hydrogen (secondary N) is 3. The molecule has 5 N–H and O–H groups in total. The Balaban J connectivity index is 1.40. The monoisotopic (exact) mass is 478 g/mol. The maximum absolute atomic E-state index is 11.7. The van der Waals surface area contributed by atoms with Crippen LogP contribution in [0.4, 0.5) is 23.5 Å². The Hall–Kier alpha value is -2.94. The lowest BCUT2D eigenvalue weighted by Gasteiger charge is -2.60. The quantitative estimate of drug-likeness (QED) is 0.456. The molecule has 6 rings (SSSR count). The van der Waals surface area contributed by atoms with Gasteiger partial charge in [-0.25, -0.2) is 0 Å². The zero-order valence-electron chi connectivity index (χ0n) is 21.3. The summed E-state index contributed by atoms with van der Waals surface area (Å²) in [5.74, 6) is 3.51. The molecule has 9 nitrogen and oxygen atoms in total. The highest BCUT2D eigenvalue weighted by Gasteiger charge is 2.54. The van der Waals surface area contributed by atoms with E-state index in [9.17, 15) is 4.79 Å². The molecule has 1 amide bonds. The first kappa shape index (κ1) is 23.8. The number of carbonyl (C=O) groups excluding carboxylic acids is 1. The summed E-state index contributed by atoms with van der Waals surface area (Å²) >= 11 is 0. The highest BCUT2D eigenvalue weighted by molar-refractivity contribution is 5.94. The van der Waals surface area contributed by atoms with Gasteiger partial charge in [0.1, 0.15) is 0 Å². The van der Waals surface area contributed by atoms with E-state index in [0.717, 1.165) is 49.1 Å². The highest BCUT2D eigenvalue weighted by Crippen LogP contribution is 2.61. The number of aromatic nitrogens is 3. The number of fused-ring (bicyclic) bond motifs is 2. The zero-order valence-corrected chi connectivity index (χ0v) is 21.3. The fraction of sp³-hybridized carbons (Fsp3) is 0.615. The van der Waals surface area contributed by atoms with Crippen LogP contribution in [-0.4, -0.2) is 53.6 Å². The lowest BCUT2D eigenvalue weighted by Crippen LogP contribution is -2.54. The van der Waals surface area contributed by atoms with Gasteiger partial charge in [-0.15, -0.1) is 0 Å². The Labute approximate surface area is 207 Å². The number of primary amides is 1. The summed E-state index contributed by atoms with van der Waals surface area (Å²) in [7, 11) is 2.08. The minimum Gasteiger partial charge on any atom is -0.366 e. The number of rotatable bonds is 8. The number of amides is 1. The van der Waals surface area contributed by atoms with Crippen molar-refractivity contribution < 1.29 is 4.79 Å². The van der Waals surface area contributed by atoms with Gasteiger partial charge in [-0.1, -0.05) is 19.9 Å². The van der Waals surface area contributed by atoms with Gasteiger partial charge in [0.2, 0.25) is 23.8 Å². The van der Waals surface area contributed by atoms with Gasteiger partial charge in [0, 0.05) is 37.4 Å². The molecular weight excluding hydrogens is 440 g/mol. The lowest BCUT2D eigenvalue weighted by molar-refractivity contribution is -0.102. The smallest absolute Gasteiger partial charge is 0.248 e. The minimum absolute atomic E-state index is 0.286. The van der Waals surface area contributed by atoms with Crippen LogP contribution in [0.25, 0.3) is 0 Å². The van der Waals surface area contributed by atoms with Gasteiger partial charge in [0.25, 0.3) is 0 Å². The number of hydrogen-bond acceptors (Lipinski definition) is 8. The van der Waals surface area contributed by atoms with E-state index in [4.69, 9.17) is 15.7 Å². The van der Waals surface area contributed by atoms with E-state index in [0.29, 0.717) is 34.7 Å². The van der Waals surface area contributed by atoms with E-state index < -0.39 is 5.91 Å². The Morgan fingerprint density at radius 1 is 1.20 bits per heavy atom. The maximum atomic E-state index is 11.7. The van der Waals surface area contributed by atoms with Crippen molar-refractivity contribution in [2.24, 2.45) is 28.9 Å². The first-order valence-corrected chi connectivity index (χ1v) is 12.8. The second-order valence-corrected chi connectivity index (χ2v) is 11.2. The van der Waals surface area contributed by atoms with Gasteiger partial charge < -0.3 is 26.6 Å². The second-order valence-electron chi connectivity index (χ2n) is 11.2. The van der Waals surface area contributed by atoms with Gasteiger partial charge in [0.15, 0.2) is 0 Å². The number of nitrogens with two attached hydrogens (primary N) is 1. The number of aryl methyl sites for hydroxylation is 1. The molecule has 1 aliphatic heterocycles. The molecule has 4 aliphatic rings. The fourth-order valence-corrected chi connectivity index (χ4v) is 6.26. The highest BCUT2D eigenvalue weighted by atomic mass is 16.1. The molecule has 1 aromatic heterocycles. The molecule has 1 saturated heterocycles. The third-order valence-corrected chi connectivity index (χ3v) is 8.64.